The summed E-state index contributed by atoms with van der Waals surface area (Å²) in [5, 5.41) is 17.5. The number of methoxy groups -OCH3 is 2. The molecule has 2 heterocycles. The normalized spacial score (nSPS) is 11.7. The van der Waals surface area contributed by atoms with Gasteiger partial charge in [-0.2, -0.15) is 9.97 Å². The molecule has 0 fully saturated rings. The molecule has 1 aromatic carbocycles. The number of carboxylic acids is 1. The van der Waals surface area contributed by atoms with Crippen LogP contribution in [0.2, 0.25) is 0 Å². The zero-order valence-corrected chi connectivity index (χ0v) is 76.9. The second kappa shape index (κ2) is 84.2. The Kier molecular flexibility index (Phi) is 76.9. The van der Waals surface area contributed by atoms with Gasteiger partial charge in [0.1, 0.15) is 11.6 Å². The van der Waals surface area contributed by atoms with Crippen LogP contribution in [0.4, 0.5) is 17.5 Å². The Hall–Kier alpha value is -7.10. The topological polar surface area (TPSA) is 500 Å². The van der Waals surface area contributed by atoms with Crippen LogP contribution in [0.15, 0.2) is 30.5 Å². The van der Waals surface area contributed by atoms with Crippen molar-refractivity contribution in [2.45, 2.75) is 90.8 Å². The maximum absolute atomic E-state index is 13.5. The summed E-state index contributed by atoms with van der Waals surface area (Å²) in [7, 11) is 5.11. The van der Waals surface area contributed by atoms with Crippen molar-refractivity contribution in [1.29, 1.82) is 0 Å². The number of esters is 1. The molecule has 8 N–H and O–H groups in total. The quantitative estimate of drug-likeness (QED) is 0.0348. The predicted molar refractivity (Wildman–Crippen MR) is 470 cm³/mol. The molecule has 4 amide bonds. The van der Waals surface area contributed by atoms with Gasteiger partial charge in [-0.05, 0) is 71.2 Å². The van der Waals surface area contributed by atoms with Crippen molar-refractivity contribution in [2.75, 3.05) is 368 Å². The minimum atomic E-state index is -1.15. The number of benzene rings is 1. The van der Waals surface area contributed by atoms with Gasteiger partial charge in [0.15, 0.2) is 17.0 Å². The molecule has 0 aliphatic carbocycles. The highest BCUT2D eigenvalue weighted by molar-refractivity contribution is 5.97. The van der Waals surface area contributed by atoms with Crippen LogP contribution < -0.4 is 32.3 Å². The van der Waals surface area contributed by atoms with E-state index in [4.69, 9.17) is 130 Å². The summed E-state index contributed by atoms with van der Waals surface area (Å²) in [5.41, 5.74) is 13.0. The molecule has 128 heavy (non-hydrogen) atoms. The number of hydrogen-bond donors (Lipinski definition) is 6. The van der Waals surface area contributed by atoms with Crippen LogP contribution in [0.1, 0.15) is 88.7 Å². The Bertz CT molecular complexity index is 3130. The molecule has 2 aromatic heterocycles. The second-order valence-electron chi connectivity index (χ2n) is 28.5. The molecule has 0 saturated heterocycles. The molecular formula is C85H151N11O32. The lowest BCUT2D eigenvalue weighted by molar-refractivity contribution is -0.157. The van der Waals surface area contributed by atoms with Crippen LogP contribution in [-0.2, 0) is 149 Å². The molecule has 0 aliphatic heterocycles. The van der Waals surface area contributed by atoms with E-state index in [0.717, 1.165) is 5.69 Å². The van der Waals surface area contributed by atoms with Gasteiger partial charge in [0, 0.05) is 84.6 Å². The van der Waals surface area contributed by atoms with E-state index in [1.165, 1.54) is 4.90 Å². The van der Waals surface area contributed by atoms with Crippen molar-refractivity contribution >= 4 is 64.2 Å². The Labute approximate surface area is 754 Å². The highest BCUT2D eigenvalue weighted by Crippen LogP contribution is 2.20. The van der Waals surface area contributed by atoms with Gasteiger partial charge in [0.2, 0.25) is 23.7 Å². The average molecular weight is 1840 g/mol. The molecular weight excluding hydrogens is 1690 g/mol. The third-order valence-corrected chi connectivity index (χ3v) is 16.9. The number of hydrogen-bond acceptors (Lipinski definition) is 38. The number of carbonyl (C=O) groups is 6. The van der Waals surface area contributed by atoms with Gasteiger partial charge in [-0.3, -0.25) is 24.0 Å². The predicted octanol–water partition coefficient (Wildman–Crippen LogP) is 2.20. The summed E-state index contributed by atoms with van der Waals surface area (Å²) < 4.78 is 135. The number of carbonyl (C=O) groups excluding carboxylic acids is 5. The number of aromatic nitrogens is 4. The van der Waals surface area contributed by atoms with Gasteiger partial charge in [0.25, 0.3) is 5.91 Å². The van der Waals surface area contributed by atoms with Gasteiger partial charge in [0.05, 0.1) is 322 Å². The van der Waals surface area contributed by atoms with Crippen molar-refractivity contribution in [3.05, 3.63) is 41.7 Å². The summed E-state index contributed by atoms with van der Waals surface area (Å²) in [4.78, 5) is 96.6. The zero-order chi connectivity index (χ0) is 92.9. The fourth-order valence-electron chi connectivity index (χ4n) is 10.4. The van der Waals surface area contributed by atoms with E-state index in [-0.39, 0.29) is 99.7 Å². The van der Waals surface area contributed by atoms with E-state index in [0.29, 0.717) is 328 Å². The molecule has 0 aliphatic rings. The largest absolute Gasteiger partial charge is 0.481 e. The fraction of sp³-hybridized carbons (Fsp3) is 0.788. The van der Waals surface area contributed by atoms with Gasteiger partial charge in [-0.25, -0.2) is 14.8 Å². The Balaban J connectivity index is 0.00000108. The highest BCUT2D eigenvalue weighted by atomic mass is 16.6. The van der Waals surface area contributed by atoms with Gasteiger partial charge in [-0.15, -0.1) is 0 Å². The Morgan fingerprint density at radius 2 is 0.750 bits per heavy atom. The Morgan fingerprint density at radius 1 is 0.422 bits per heavy atom. The number of rotatable bonds is 90. The van der Waals surface area contributed by atoms with Crippen molar-refractivity contribution in [3.63, 3.8) is 0 Å². The van der Waals surface area contributed by atoms with Crippen LogP contribution in [-0.4, -0.2) is 429 Å². The fourth-order valence-corrected chi connectivity index (χ4v) is 10.4. The number of aliphatic carboxylic acids is 1. The first kappa shape index (κ1) is 117. The summed E-state index contributed by atoms with van der Waals surface area (Å²) in [6.45, 7) is 31.3. The maximum Gasteiger partial charge on any atom is 0.329 e. The van der Waals surface area contributed by atoms with Gasteiger partial charge < -0.3 is 161 Å². The standard InChI is InChI=1S/C56H91N11O18.C29H60O14/c1-56(2,3)85-54(74)45(63-53(73)42-8-10-44(11-9-42)66(4)41-43-40-61-52-50(62-43)51(57)64-55(58)65-52)12-13-46(68)59-17-6-19-67(48(70)14-15-49(71)72)20-7-18-60-47(69)16-21-76-24-25-78-28-29-80-32-33-82-36-37-84-39-38-83-35-34-81-31-30-79-27-26-77-23-22-75-5;1-3-31-6-7-33-10-11-35-14-15-37-18-19-39-22-23-41-26-27-43-29-28-42-25-24-40-21-20-38-17-16-36-13-12-34-9-8-32-5-4-30-2/h8-11,40,45H,6-7,12-39,41H2,1-5H3,(H,59,68)(H,60,69)(H,63,73)(H,71,72)(H4,57,58,61,64,65);3-29H2,1-2H3. The molecule has 0 spiro atoms. The first-order valence-electron chi connectivity index (χ1n) is 44.0. The number of nitrogens with zero attached hydrogens (tertiary/aromatic N) is 6. The Morgan fingerprint density at radius 3 is 1.08 bits per heavy atom. The molecule has 43 nitrogen and oxygen atoms in total. The monoisotopic (exact) mass is 1840 g/mol. The summed E-state index contributed by atoms with van der Waals surface area (Å²) in [6, 6.07) is 5.52. The van der Waals surface area contributed by atoms with E-state index in [1.807, 2.05) is 18.9 Å². The lowest BCUT2D eigenvalue weighted by Gasteiger charge is -2.25. The van der Waals surface area contributed by atoms with Crippen molar-refractivity contribution < 1.29 is 152 Å². The number of ether oxygens (including phenoxy) is 25. The zero-order valence-electron chi connectivity index (χ0n) is 76.9. The van der Waals surface area contributed by atoms with Crippen molar-refractivity contribution in [2.24, 2.45) is 0 Å². The number of nitrogens with one attached hydrogen (secondary N) is 3. The minimum Gasteiger partial charge on any atom is -0.481 e. The second-order valence-corrected chi connectivity index (χ2v) is 28.5. The third kappa shape index (κ3) is 71.6. The molecule has 1 unspecified atom stereocenters. The van der Waals surface area contributed by atoms with E-state index < -0.39 is 35.4 Å². The van der Waals surface area contributed by atoms with Crippen LogP contribution >= 0.6 is 0 Å². The lowest BCUT2D eigenvalue weighted by atomic mass is 10.1. The molecule has 1 atom stereocenters. The molecule has 0 saturated carbocycles. The number of carboxylic acid groups (broad SMARTS) is 1. The van der Waals surface area contributed by atoms with Gasteiger partial charge in [-0.1, -0.05) is 0 Å². The maximum atomic E-state index is 13.5. The summed E-state index contributed by atoms with van der Waals surface area (Å²) in [5.74, 6) is -3.27. The van der Waals surface area contributed by atoms with Crippen LogP contribution in [0, 0.1) is 0 Å². The molecule has 0 bridgehead atoms. The summed E-state index contributed by atoms with van der Waals surface area (Å²) >= 11 is 0. The summed E-state index contributed by atoms with van der Waals surface area (Å²) in [6.07, 6.45) is 1.67. The van der Waals surface area contributed by atoms with E-state index >= 15 is 0 Å². The molecule has 43 heteroatoms. The van der Waals surface area contributed by atoms with Crippen LogP contribution in [0.3, 0.4) is 0 Å². The highest BCUT2D eigenvalue weighted by Gasteiger charge is 2.28. The molecule has 738 valence electrons. The average Bonchev–Trinajstić information content (AvgIpc) is 0.806. The lowest BCUT2D eigenvalue weighted by Crippen LogP contribution is -2.45. The first-order valence-corrected chi connectivity index (χ1v) is 44.0. The molecule has 0 radical (unpaired) electrons. The number of amides is 4. The van der Waals surface area contributed by atoms with E-state index in [2.05, 4.69) is 35.9 Å². The SMILES string of the molecule is CCOCCOCCOCCOCCOCCOCCOCCOCCOCCOCCOCCOCCOCCOC.COCCOCCOCCOCCOCCOCCOCCOCCOCCOCCC(=O)NCCCN(CCCNC(=O)CCC(NC(=O)c1ccc(N(C)Cc2cnc3nc(N)nc(N)c3n2)cc1)C(=O)OC(C)(C)C)C(=O)CCC(=O)O. The number of nitrogens with two attached hydrogens (primary N) is 2. The number of nitrogen functional groups attached to an aromatic ring is 2. The van der Waals surface area contributed by atoms with Crippen molar-refractivity contribution in [1.82, 2.24) is 40.8 Å². The third-order valence-electron chi connectivity index (χ3n) is 16.9. The van der Waals surface area contributed by atoms with E-state index in [1.54, 1.807) is 65.5 Å². The minimum absolute atomic E-state index is 0.00438. The smallest absolute Gasteiger partial charge is 0.329 e. The first-order chi connectivity index (χ1) is 62.4. The van der Waals surface area contributed by atoms with Crippen molar-refractivity contribution in [3.8, 4) is 0 Å². The number of anilines is 3. The van der Waals surface area contributed by atoms with Crippen LogP contribution in [0.25, 0.3) is 11.2 Å². The number of fused-ring (bicyclic) bond motifs is 1. The molecule has 3 aromatic rings. The van der Waals surface area contributed by atoms with E-state index in [9.17, 15) is 33.9 Å². The van der Waals surface area contributed by atoms with Crippen LogP contribution in [0.5, 0.6) is 0 Å². The molecule has 3 rings (SSSR count). The van der Waals surface area contributed by atoms with Gasteiger partial charge >= 0.3 is 11.9 Å².